The van der Waals surface area contributed by atoms with Gasteiger partial charge < -0.3 is 4.74 Å². The van der Waals surface area contributed by atoms with E-state index in [-0.39, 0.29) is 0 Å². The Morgan fingerprint density at radius 1 is 1.67 bits per heavy atom. The van der Waals surface area contributed by atoms with Gasteiger partial charge in [0.1, 0.15) is 0 Å². The fraction of sp³-hybridized carbons (Fsp3) is 0.750. The normalized spacial score (nSPS) is 13.1. The van der Waals surface area contributed by atoms with Crippen molar-refractivity contribution in [1.82, 2.24) is 0 Å². The minimum absolute atomic E-state index is 0.497. The van der Waals surface area contributed by atoms with Crippen LogP contribution in [0.2, 0.25) is 0 Å². The summed E-state index contributed by atoms with van der Waals surface area (Å²) >= 11 is 0. The third-order valence-electron chi connectivity index (χ3n) is 1.13. The largest absolute Gasteiger partial charge is 0.381 e. The summed E-state index contributed by atoms with van der Waals surface area (Å²) in [5, 5.41) is 0. The Bertz CT molecular complexity index is 69.0. The van der Waals surface area contributed by atoms with Crippen LogP contribution in [0.25, 0.3) is 0 Å². The molecule has 0 aliphatic heterocycles. The summed E-state index contributed by atoms with van der Waals surface area (Å²) in [6, 6.07) is 0. The van der Waals surface area contributed by atoms with E-state index in [1.165, 1.54) is 0 Å². The minimum atomic E-state index is 0.497. The Hall–Kier alpha value is -0.300. The maximum Gasteiger partial charge on any atom is 0.0526 e. The first kappa shape index (κ1) is 8.70. The number of rotatable bonds is 5. The average Bonchev–Trinajstić information content (AvgIpc) is 1.89. The quantitative estimate of drug-likeness (QED) is 0.407. The molecule has 0 aromatic heterocycles. The van der Waals surface area contributed by atoms with Crippen LogP contribution in [0.15, 0.2) is 12.7 Å². The highest BCUT2D eigenvalue weighted by atomic mass is 16.5. The van der Waals surface area contributed by atoms with Crippen LogP contribution in [0, 0.1) is 5.92 Å². The molecule has 0 aliphatic carbocycles. The molecule has 0 fully saturated rings. The van der Waals surface area contributed by atoms with Gasteiger partial charge in [0.15, 0.2) is 0 Å². The summed E-state index contributed by atoms with van der Waals surface area (Å²) in [6.45, 7) is 9.56. The molecule has 9 heavy (non-hydrogen) atoms. The third-order valence-corrected chi connectivity index (χ3v) is 1.13. The SMILES string of the molecule is C=CC(C)COCCC. The number of hydrogen-bond donors (Lipinski definition) is 0. The molecule has 1 atom stereocenters. The third kappa shape index (κ3) is 5.57. The highest BCUT2D eigenvalue weighted by molar-refractivity contribution is 4.73. The topological polar surface area (TPSA) is 9.23 Å². The second-order valence-corrected chi connectivity index (χ2v) is 2.29. The van der Waals surface area contributed by atoms with Crippen molar-refractivity contribution in [3.05, 3.63) is 12.7 Å². The minimum Gasteiger partial charge on any atom is -0.381 e. The number of hydrogen-bond acceptors (Lipinski definition) is 1. The first-order valence-corrected chi connectivity index (χ1v) is 3.51. The highest BCUT2D eigenvalue weighted by Gasteiger charge is 1.92. The second-order valence-electron chi connectivity index (χ2n) is 2.29. The van der Waals surface area contributed by atoms with Gasteiger partial charge in [0, 0.05) is 6.61 Å². The molecule has 0 N–H and O–H groups in total. The average molecular weight is 128 g/mol. The zero-order chi connectivity index (χ0) is 7.11. The summed E-state index contributed by atoms with van der Waals surface area (Å²) in [5.41, 5.74) is 0. The van der Waals surface area contributed by atoms with Crippen molar-refractivity contribution in [3.63, 3.8) is 0 Å². The van der Waals surface area contributed by atoms with E-state index in [0.717, 1.165) is 19.6 Å². The predicted octanol–water partition coefficient (Wildman–Crippen LogP) is 2.24. The van der Waals surface area contributed by atoms with Gasteiger partial charge in [-0.3, -0.25) is 0 Å². The molecule has 0 amide bonds. The van der Waals surface area contributed by atoms with Gasteiger partial charge in [-0.05, 0) is 12.3 Å². The van der Waals surface area contributed by atoms with Crippen LogP contribution in [-0.2, 0) is 4.74 Å². The Morgan fingerprint density at radius 2 is 2.33 bits per heavy atom. The van der Waals surface area contributed by atoms with Gasteiger partial charge in [-0.2, -0.15) is 0 Å². The van der Waals surface area contributed by atoms with E-state index in [2.05, 4.69) is 20.4 Å². The van der Waals surface area contributed by atoms with Gasteiger partial charge in [0.05, 0.1) is 6.61 Å². The first-order valence-electron chi connectivity index (χ1n) is 3.51. The molecule has 1 heteroatoms. The Kier molecular flexibility index (Phi) is 5.64. The van der Waals surface area contributed by atoms with Crippen molar-refractivity contribution in [1.29, 1.82) is 0 Å². The van der Waals surface area contributed by atoms with Crippen LogP contribution in [-0.4, -0.2) is 13.2 Å². The molecule has 1 unspecified atom stereocenters. The summed E-state index contributed by atoms with van der Waals surface area (Å²) in [5.74, 6) is 0.497. The molecule has 0 aromatic rings. The van der Waals surface area contributed by atoms with Crippen molar-refractivity contribution in [2.45, 2.75) is 20.3 Å². The second kappa shape index (κ2) is 5.83. The lowest BCUT2D eigenvalue weighted by molar-refractivity contribution is 0.117. The molecule has 0 aromatic carbocycles. The molecule has 0 rings (SSSR count). The van der Waals surface area contributed by atoms with Gasteiger partial charge in [0.25, 0.3) is 0 Å². The molecule has 0 saturated carbocycles. The van der Waals surface area contributed by atoms with E-state index in [1.807, 2.05) is 6.08 Å². The molecule has 0 saturated heterocycles. The van der Waals surface area contributed by atoms with E-state index in [0.29, 0.717) is 5.92 Å². The lowest BCUT2D eigenvalue weighted by atomic mass is 10.2. The number of ether oxygens (including phenoxy) is 1. The first-order chi connectivity index (χ1) is 4.31. The molecule has 54 valence electrons. The Balaban J connectivity index is 2.96. The van der Waals surface area contributed by atoms with Gasteiger partial charge in [-0.25, -0.2) is 0 Å². The smallest absolute Gasteiger partial charge is 0.0526 e. The Morgan fingerprint density at radius 3 is 2.78 bits per heavy atom. The highest BCUT2D eigenvalue weighted by Crippen LogP contribution is 1.95. The summed E-state index contributed by atoms with van der Waals surface area (Å²) in [7, 11) is 0. The van der Waals surface area contributed by atoms with Crippen molar-refractivity contribution >= 4 is 0 Å². The lowest BCUT2D eigenvalue weighted by Crippen LogP contribution is -2.02. The molecule has 0 heterocycles. The maximum atomic E-state index is 5.26. The van der Waals surface area contributed by atoms with Crippen LogP contribution in [0.1, 0.15) is 20.3 Å². The molecular formula is C8H16O. The van der Waals surface area contributed by atoms with Crippen LogP contribution in [0.3, 0.4) is 0 Å². The molecule has 0 spiro atoms. The zero-order valence-corrected chi connectivity index (χ0v) is 6.39. The van der Waals surface area contributed by atoms with Gasteiger partial charge >= 0.3 is 0 Å². The van der Waals surface area contributed by atoms with Gasteiger partial charge in [-0.15, -0.1) is 6.58 Å². The van der Waals surface area contributed by atoms with Crippen molar-refractivity contribution in [2.24, 2.45) is 5.92 Å². The van der Waals surface area contributed by atoms with Crippen LogP contribution >= 0.6 is 0 Å². The van der Waals surface area contributed by atoms with E-state index in [4.69, 9.17) is 4.74 Å². The van der Waals surface area contributed by atoms with E-state index >= 15 is 0 Å². The predicted molar refractivity (Wildman–Crippen MR) is 40.5 cm³/mol. The molecule has 0 bridgehead atoms. The van der Waals surface area contributed by atoms with E-state index < -0.39 is 0 Å². The lowest BCUT2D eigenvalue weighted by Gasteiger charge is -2.04. The molecule has 1 nitrogen and oxygen atoms in total. The Labute approximate surface area is 57.7 Å². The van der Waals surface area contributed by atoms with E-state index in [9.17, 15) is 0 Å². The van der Waals surface area contributed by atoms with Crippen molar-refractivity contribution < 1.29 is 4.74 Å². The standard InChI is InChI=1S/C8H16O/c1-4-6-9-7-8(3)5-2/h5,8H,2,4,6-7H2,1,3H3. The fourth-order valence-electron chi connectivity index (χ4n) is 0.482. The molecule has 0 aliphatic rings. The van der Waals surface area contributed by atoms with E-state index in [1.54, 1.807) is 0 Å². The van der Waals surface area contributed by atoms with Crippen LogP contribution in [0.4, 0.5) is 0 Å². The summed E-state index contributed by atoms with van der Waals surface area (Å²) in [6.07, 6.45) is 3.01. The monoisotopic (exact) mass is 128 g/mol. The van der Waals surface area contributed by atoms with Crippen molar-refractivity contribution in [3.8, 4) is 0 Å². The molecule has 0 radical (unpaired) electrons. The van der Waals surface area contributed by atoms with Gasteiger partial charge in [-0.1, -0.05) is 19.9 Å². The van der Waals surface area contributed by atoms with Gasteiger partial charge in [0.2, 0.25) is 0 Å². The molecular weight excluding hydrogens is 112 g/mol. The van der Waals surface area contributed by atoms with Crippen molar-refractivity contribution in [2.75, 3.05) is 13.2 Å². The van der Waals surface area contributed by atoms with Crippen LogP contribution in [0.5, 0.6) is 0 Å². The summed E-state index contributed by atoms with van der Waals surface area (Å²) in [4.78, 5) is 0. The fourth-order valence-corrected chi connectivity index (χ4v) is 0.482. The maximum absolute atomic E-state index is 5.26. The summed E-state index contributed by atoms with van der Waals surface area (Å²) < 4.78 is 5.26. The zero-order valence-electron chi connectivity index (χ0n) is 6.39. The van der Waals surface area contributed by atoms with Crippen LogP contribution < -0.4 is 0 Å².